The van der Waals surface area contributed by atoms with E-state index < -0.39 is 0 Å². The highest BCUT2D eigenvalue weighted by Crippen LogP contribution is 2.33. The fraction of sp³-hybridized carbons (Fsp3) is 0.0455. The predicted octanol–water partition coefficient (Wildman–Crippen LogP) is 6.05. The van der Waals surface area contributed by atoms with E-state index >= 15 is 0 Å². The number of aryl methyl sites for hydroxylation is 1. The molecule has 0 aliphatic rings. The number of nitrogens with zero attached hydrogens (tertiary/aromatic N) is 1. The van der Waals surface area contributed by atoms with Crippen LogP contribution in [0.15, 0.2) is 66.7 Å². The molecule has 29 heavy (non-hydrogen) atoms. The lowest BCUT2D eigenvalue weighted by atomic mass is 10.1. The first kappa shape index (κ1) is 19.5. The minimum absolute atomic E-state index is 0.180. The summed E-state index contributed by atoms with van der Waals surface area (Å²) in [5.41, 5.74) is 4.04. The number of nitrogens with one attached hydrogen (secondary N) is 2. The van der Waals surface area contributed by atoms with E-state index in [0.717, 1.165) is 26.4 Å². The second kappa shape index (κ2) is 8.29. The molecule has 1 amide bonds. The van der Waals surface area contributed by atoms with Crippen LogP contribution < -0.4 is 10.6 Å². The van der Waals surface area contributed by atoms with Gasteiger partial charge in [0.15, 0.2) is 5.11 Å². The van der Waals surface area contributed by atoms with Crippen LogP contribution in [0.2, 0.25) is 5.02 Å². The Hall–Kier alpha value is -2.80. The summed E-state index contributed by atoms with van der Waals surface area (Å²) in [6, 6.07) is 20.9. The number of halogens is 1. The van der Waals surface area contributed by atoms with E-state index in [0.29, 0.717) is 16.3 Å². The number of para-hydroxylation sites is 1. The number of anilines is 1. The van der Waals surface area contributed by atoms with Gasteiger partial charge in [-0.2, -0.15) is 0 Å². The monoisotopic (exact) mass is 437 g/mol. The number of thiazole rings is 1. The van der Waals surface area contributed by atoms with Crippen molar-refractivity contribution in [3.63, 3.8) is 0 Å². The van der Waals surface area contributed by atoms with Crippen molar-refractivity contribution < 1.29 is 4.79 Å². The molecule has 3 aromatic carbocycles. The van der Waals surface area contributed by atoms with Gasteiger partial charge in [-0.15, -0.1) is 11.3 Å². The summed E-state index contributed by atoms with van der Waals surface area (Å²) in [6.07, 6.45) is 0. The summed E-state index contributed by atoms with van der Waals surface area (Å²) >= 11 is 13.2. The van der Waals surface area contributed by atoms with Gasteiger partial charge in [-0.3, -0.25) is 10.1 Å². The van der Waals surface area contributed by atoms with Crippen molar-refractivity contribution >= 4 is 62.1 Å². The van der Waals surface area contributed by atoms with Gasteiger partial charge in [-0.05, 0) is 55.5 Å². The molecule has 4 nitrogen and oxygen atoms in total. The Morgan fingerprint density at radius 1 is 1.07 bits per heavy atom. The lowest BCUT2D eigenvalue weighted by Crippen LogP contribution is -2.34. The van der Waals surface area contributed by atoms with Crippen LogP contribution in [0.4, 0.5) is 5.69 Å². The van der Waals surface area contributed by atoms with Crippen LogP contribution in [0, 0.1) is 6.92 Å². The number of carbonyl (C=O) groups excluding carboxylic acids is 1. The first-order valence-electron chi connectivity index (χ1n) is 8.84. The van der Waals surface area contributed by atoms with Gasteiger partial charge in [0, 0.05) is 11.1 Å². The molecule has 0 bridgehead atoms. The minimum atomic E-state index is -0.273. The van der Waals surface area contributed by atoms with Crippen molar-refractivity contribution in [2.45, 2.75) is 6.92 Å². The maximum Gasteiger partial charge on any atom is 0.257 e. The van der Waals surface area contributed by atoms with Crippen molar-refractivity contribution in [2.24, 2.45) is 0 Å². The molecule has 4 aromatic rings. The third kappa shape index (κ3) is 4.45. The molecule has 0 saturated carbocycles. The van der Waals surface area contributed by atoms with Crippen molar-refractivity contribution in [2.75, 3.05) is 5.32 Å². The summed E-state index contributed by atoms with van der Waals surface area (Å²) in [5, 5.41) is 7.28. The van der Waals surface area contributed by atoms with Crippen LogP contribution in [-0.4, -0.2) is 16.0 Å². The molecule has 144 valence electrons. The van der Waals surface area contributed by atoms with E-state index in [1.54, 1.807) is 29.5 Å². The number of hydrogen-bond donors (Lipinski definition) is 2. The third-order valence-corrected chi connectivity index (χ3v) is 5.88. The van der Waals surface area contributed by atoms with Gasteiger partial charge in [0.1, 0.15) is 5.01 Å². The fourth-order valence-corrected chi connectivity index (χ4v) is 4.19. The lowest BCUT2D eigenvalue weighted by molar-refractivity contribution is 0.0977. The maximum atomic E-state index is 12.4. The zero-order chi connectivity index (χ0) is 20.4. The first-order valence-corrected chi connectivity index (χ1v) is 10.4. The average molecular weight is 438 g/mol. The van der Waals surface area contributed by atoms with Gasteiger partial charge in [0.25, 0.3) is 5.91 Å². The first-order chi connectivity index (χ1) is 14.0. The number of thiocarbonyl (C=S) groups is 1. The quantitative estimate of drug-likeness (QED) is 0.383. The fourth-order valence-electron chi connectivity index (χ4n) is 2.86. The van der Waals surface area contributed by atoms with E-state index in [1.807, 2.05) is 55.5 Å². The minimum Gasteiger partial charge on any atom is -0.331 e. The molecule has 0 fully saturated rings. The Bertz CT molecular complexity index is 1200. The molecule has 7 heteroatoms. The molecule has 0 unspecified atom stereocenters. The second-order valence-electron chi connectivity index (χ2n) is 6.46. The average Bonchev–Trinajstić information content (AvgIpc) is 3.14. The molecule has 0 atom stereocenters. The van der Waals surface area contributed by atoms with Gasteiger partial charge >= 0.3 is 0 Å². The number of hydrogen-bond acceptors (Lipinski definition) is 4. The molecular formula is C22H16ClN3OS2. The summed E-state index contributed by atoms with van der Waals surface area (Å²) in [5.74, 6) is -0.273. The van der Waals surface area contributed by atoms with Crippen LogP contribution in [-0.2, 0) is 0 Å². The Balaban J connectivity index is 1.53. The molecule has 4 rings (SSSR count). The number of carbonyl (C=O) groups is 1. The molecule has 1 heterocycles. The van der Waals surface area contributed by atoms with Crippen LogP contribution in [0.25, 0.3) is 20.8 Å². The smallest absolute Gasteiger partial charge is 0.257 e. The van der Waals surface area contributed by atoms with E-state index in [-0.39, 0.29) is 11.0 Å². The predicted molar refractivity (Wildman–Crippen MR) is 125 cm³/mol. The van der Waals surface area contributed by atoms with Crippen LogP contribution in [0.5, 0.6) is 0 Å². The molecule has 1 aromatic heterocycles. The molecule has 0 aliphatic heterocycles. The van der Waals surface area contributed by atoms with E-state index in [9.17, 15) is 4.79 Å². The van der Waals surface area contributed by atoms with E-state index in [4.69, 9.17) is 23.8 Å². The van der Waals surface area contributed by atoms with E-state index in [2.05, 4.69) is 15.6 Å². The highest BCUT2D eigenvalue weighted by Gasteiger charge is 2.12. The van der Waals surface area contributed by atoms with Gasteiger partial charge < -0.3 is 5.32 Å². The zero-order valence-corrected chi connectivity index (χ0v) is 17.8. The molecule has 0 radical (unpaired) electrons. The third-order valence-electron chi connectivity index (χ3n) is 4.26. The van der Waals surface area contributed by atoms with Gasteiger partial charge in [-0.25, -0.2) is 4.98 Å². The standard InChI is InChI=1S/C22H16ClN3OS2/c1-13-5-4-6-14(11-13)20(27)26-22(28)25-18-12-15(9-10-16(18)23)21-24-17-7-2-3-8-19(17)29-21/h2-12H,1H3,(H2,25,26,27,28). The molecule has 2 N–H and O–H groups in total. The number of aromatic nitrogens is 1. The second-order valence-corrected chi connectivity index (χ2v) is 8.31. The molecular weight excluding hydrogens is 422 g/mol. The number of fused-ring (bicyclic) bond motifs is 1. The Morgan fingerprint density at radius 3 is 2.69 bits per heavy atom. The SMILES string of the molecule is Cc1cccc(C(=O)NC(=S)Nc2cc(-c3nc4ccccc4s3)ccc2Cl)c1. The number of benzene rings is 3. The normalized spacial score (nSPS) is 10.7. The summed E-state index contributed by atoms with van der Waals surface area (Å²) in [7, 11) is 0. The van der Waals surface area contributed by atoms with Crippen molar-refractivity contribution in [3.8, 4) is 10.6 Å². The van der Waals surface area contributed by atoms with Crippen molar-refractivity contribution in [1.82, 2.24) is 10.3 Å². The summed E-state index contributed by atoms with van der Waals surface area (Å²) in [6.45, 7) is 1.93. The van der Waals surface area contributed by atoms with Crippen LogP contribution >= 0.6 is 35.2 Å². The Labute approximate surface area is 182 Å². The van der Waals surface area contributed by atoms with Gasteiger partial charge in [-0.1, -0.05) is 47.5 Å². The Morgan fingerprint density at radius 2 is 1.90 bits per heavy atom. The number of amides is 1. The largest absolute Gasteiger partial charge is 0.331 e. The number of rotatable bonds is 3. The van der Waals surface area contributed by atoms with Crippen LogP contribution in [0.1, 0.15) is 15.9 Å². The van der Waals surface area contributed by atoms with Gasteiger partial charge in [0.2, 0.25) is 0 Å². The summed E-state index contributed by atoms with van der Waals surface area (Å²) in [4.78, 5) is 17.1. The topological polar surface area (TPSA) is 54.0 Å². The summed E-state index contributed by atoms with van der Waals surface area (Å²) < 4.78 is 1.12. The molecule has 0 spiro atoms. The highest BCUT2D eigenvalue weighted by atomic mass is 35.5. The van der Waals surface area contributed by atoms with Crippen molar-refractivity contribution in [3.05, 3.63) is 82.9 Å². The van der Waals surface area contributed by atoms with E-state index in [1.165, 1.54) is 0 Å². The van der Waals surface area contributed by atoms with Gasteiger partial charge in [0.05, 0.1) is 20.9 Å². The Kier molecular flexibility index (Phi) is 5.58. The molecule has 0 aliphatic carbocycles. The van der Waals surface area contributed by atoms with Crippen molar-refractivity contribution in [1.29, 1.82) is 0 Å². The lowest BCUT2D eigenvalue weighted by Gasteiger charge is -2.12. The van der Waals surface area contributed by atoms with Crippen LogP contribution in [0.3, 0.4) is 0 Å². The zero-order valence-electron chi connectivity index (χ0n) is 15.4. The highest BCUT2D eigenvalue weighted by molar-refractivity contribution is 7.80. The molecule has 0 saturated heterocycles. The maximum absolute atomic E-state index is 12.4.